The fourth-order valence-corrected chi connectivity index (χ4v) is 3.79. The number of carbonyl (C=O) groups excluding carboxylic acids is 4. The predicted octanol–water partition coefficient (Wildman–Crippen LogP) is -1.69. The molecule has 0 aromatic heterocycles. The summed E-state index contributed by atoms with van der Waals surface area (Å²) >= 11 is 1.71. The third kappa shape index (κ3) is 8.89. The molecule has 2 fully saturated rings. The van der Waals surface area contributed by atoms with Crippen LogP contribution in [0.25, 0.3) is 0 Å². The number of nitrogens with two attached hydrogens (primary N) is 4. The molecule has 2 aliphatic rings. The lowest BCUT2D eigenvalue weighted by molar-refractivity contribution is -0.132. The summed E-state index contributed by atoms with van der Waals surface area (Å²) in [6.07, 6.45) is 3.15. The summed E-state index contributed by atoms with van der Waals surface area (Å²) in [5.74, 6) is 0.732. The van der Waals surface area contributed by atoms with Crippen molar-refractivity contribution in [1.29, 1.82) is 0 Å². The van der Waals surface area contributed by atoms with Gasteiger partial charge in [-0.3, -0.25) is 19.2 Å². The molecule has 2 heterocycles. The van der Waals surface area contributed by atoms with E-state index >= 15 is 0 Å². The topological polar surface area (TPSA) is 179 Å². The molecule has 2 unspecified atom stereocenters. The van der Waals surface area contributed by atoms with Crippen molar-refractivity contribution >= 4 is 35.4 Å². The molecule has 10 nitrogen and oxygen atoms in total. The Kier molecular flexibility index (Phi) is 10.9. The van der Waals surface area contributed by atoms with Crippen LogP contribution < -0.4 is 22.9 Å². The molecule has 0 aromatic rings. The Hall–Kier alpha value is -1.85. The van der Waals surface area contributed by atoms with E-state index in [1.807, 2.05) is 0 Å². The van der Waals surface area contributed by atoms with Crippen molar-refractivity contribution < 1.29 is 19.2 Å². The van der Waals surface area contributed by atoms with Crippen molar-refractivity contribution in [3.63, 3.8) is 0 Å². The van der Waals surface area contributed by atoms with E-state index in [-0.39, 0.29) is 24.7 Å². The number of thioether (sulfide) groups is 1. The van der Waals surface area contributed by atoms with Gasteiger partial charge in [-0.15, -0.1) is 11.8 Å². The van der Waals surface area contributed by atoms with Crippen LogP contribution in [0.5, 0.6) is 0 Å². The first-order valence-electron chi connectivity index (χ1n) is 9.45. The van der Waals surface area contributed by atoms with Gasteiger partial charge in [-0.2, -0.15) is 0 Å². The average Bonchev–Trinajstić information content (AvgIpc) is 3.37. The third-order valence-electron chi connectivity index (χ3n) is 4.52. The number of hydrogen-bond acceptors (Lipinski definition) is 7. The minimum absolute atomic E-state index is 0.0521. The lowest BCUT2D eigenvalue weighted by atomic mass is 10.1. The van der Waals surface area contributed by atoms with Gasteiger partial charge in [0.05, 0.1) is 18.0 Å². The highest BCUT2D eigenvalue weighted by Crippen LogP contribution is 2.14. The number of carbonyl (C=O) groups is 4. The van der Waals surface area contributed by atoms with Crippen molar-refractivity contribution in [3.05, 3.63) is 0 Å². The second kappa shape index (κ2) is 12.6. The molecular formula is C17H32N6O4S. The summed E-state index contributed by atoms with van der Waals surface area (Å²) in [6, 6.07) is -1.15. The Labute approximate surface area is 169 Å². The SMILES string of the molecule is NC(=O)CCC(N)C(=O)N1CCCC1.NC(=O)CCC(N)C(=O)N1CCSC1. The Morgan fingerprint density at radius 2 is 1.25 bits per heavy atom. The van der Waals surface area contributed by atoms with Crippen LogP contribution in [0.1, 0.15) is 38.5 Å². The van der Waals surface area contributed by atoms with Gasteiger partial charge in [-0.25, -0.2) is 0 Å². The van der Waals surface area contributed by atoms with Crippen LogP contribution >= 0.6 is 11.8 Å². The predicted molar refractivity (Wildman–Crippen MR) is 108 cm³/mol. The second-order valence-corrected chi connectivity index (χ2v) is 7.97. The first kappa shape index (κ1) is 24.2. The fraction of sp³-hybridized carbons (Fsp3) is 0.765. The van der Waals surface area contributed by atoms with Crippen LogP contribution in [0.4, 0.5) is 0 Å². The quantitative estimate of drug-likeness (QED) is 0.364. The highest BCUT2D eigenvalue weighted by atomic mass is 32.2. The van der Waals surface area contributed by atoms with Crippen LogP contribution in [0.2, 0.25) is 0 Å². The van der Waals surface area contributed by atoms with E-state index in [1.165, 1.54) is 0 Å². The molecule has 0 radical (unpaired) electrons. The van der Waals surface area contributed by atoms with E-state index in [0.29, 0.717) is 18.7 Å². The van der Waals surface area contributed by atoms with E-state index in [2.05, 4.69) is 0 Å². The summed E-state index contributed by atoms with van der Waals surface area (Å²) in [5.41, 5.74) is 21.2. The number of primary amides is 2. The Balaban J connectivity index is 0.000000280. The van der Waals surface area contributed by atoms with Gasteiger partial charge in [0.25, 0.3) is 0 Å². The minimum Gasteiger partial charge on any atom is -0.370 e. The zero-order valence-electron chi connectivity index (χ0n) is 16.2. The molecule has 2 saturated heterocycles. The first-order chi connectivity index (χ1) is 13.2. The number of nitrogens with zero attached hydrogens (tertiary/aromatic N) is 2. The zero-order chi connectivity index (χ0) is 21.1. The smallest absolute Gasteiger partial charge is 0.240 e. The van der Waals surface area contributed by atoms with Crippen molar-refractivity contribution in [2.45, 2.75) is 50.6 Å². The highest BCUT2D eigenvalue weighted by Gasteiger charge is 2.24. The average molecular weight is 417 g/mol. The van der Waals surface area contributed by atoms with Crippen LogP contribution in [-0.4, -0.2) is 76.8 Å². The van der Waals surface area contributed by atoms with Gasteiger partial charge in [0.15, 0.2) is 0 Å². The van der Waals surface area contributed by atoms with E-state index in [1.54, 1.807) is 21.6 Å². The fourth-order valence-electron chi connectivity index (χ4n) is 2.84. The van der Waals surface area contributed by atoms with E-state index in [0.717, 1.165) is 38.2 Å². The largest absolute Gasteiger partial charge is 0.370 e. The molecule has 4 amide bonds. The first-order valence-corrected chi connectivity index (χ1v) is 10.6. The number of hydrogen-bond donors (Lipinski definition) is 4. The van der Waals surface area contributed by atoms with Crippen LogP contribution in [0, 0.1) is 0 Å². The Bertz CT molecular complexity index is 502. The lowest BCUT2D eigenvalue weighted by Gasteiger charge is -2.19. The molecule has 0 bridgehead atoms. The molecule has 2 rings (SSSR count). The standard InChI is InChI=1S/C9H17N3O2.C8H15N3O2S/c10-7(3-4-8(11)13)9(14)12-5-1-2-6-12;9-6(1-2-7(10)12)8(13)11-3-4-14-5-11/h7H,1-6,10H2,(H2,11,13);6H,1-5,9H2,(H2,10,12). The number of amides is 4. The van der Waals surface area contributed by atoms with E-state index in [9.17, 15) is 19.2 Å². The maximum Gasteiger partial charge on any atom is 0.240 e. The monoisotopic (exact) mass is 416 g/mol. The molecule has 0 aromatic carbocycles. The molecule has 160 valence electrons. The van der Waals surface area contributed by atoms with Gasteiger partial charge in [0, 0.05) is 38.2 Å². The summed E-state index contributed by atoms with van der Waals surface area (Å²) in [7, 11) is 0. The highest BCUT2D eigenvalue weighted by molar-refractivity contribution is 7.99. The van der Waals surface area contributed by atoms with Crippen molar-refractivity contribution in [2.75, 3.05) is 31.3 Å². The van der Waals surface area contributed by atoms with Gasteiger partial charge in [-0.1, -0.05) is 0 Å². The maximum absolute atomic E-state index is 11.6. The van der Waals surface area contributed by atoms with E-state index < -0.39 is 23.9 Å². The number of likely N-dealkylation sites (tertiary alicyclic amines) is 1. The summed E-state index contributed by atoms with van der Waals surface area (Å²) in [6.45, 7) is 2.35. The van der Waals surface area contributed by atoms with Gasteiger partial charge >= 0.3 is 0 Å². The molecule has 0 saturated carbocycles. The summed E-state index contributed by atoms with van der Waals surface area (Å²) in [4.78, 5) is 47.6. The molecule has 0 aliphatic carbocycles. The second-order valence-electron chi connectivity index (χ2n) is 6.89. The maximum atomic E-state index is 11.6. The van der Waals surface area contributed by atoms with Crippen LogP contribution in [0.15, 0.2) is 0 Å². The number of rotatable bonds is 8. The molecule has 8 N–H and O–H groups in total. The van der Waals surface area contributed by atoms with Crippen LogP contribution in [0.3, 0.4) is 0 Å². The van der Waals surface area contributed by atoms with E-state index in [4.69, 9.17) is 22.9 Å². The molecular weight excluding hydrogens is 384 g/mol. The molecule has 0 spiro atoms. The minimum atomic E-state index is -0.582. The van der Waals surface area contributed by atoms with Crippen molar-refractivity contribution in [1.82, 2.24) is 9.80 Å². The third-order valence-corrected chi connectivity index (χ3v) is 5.49. The van der Waals surface area contributed by atoms with Crippen LogP contribution in [-0.2, 0) is 19.2 Å². The van der Waals surface area contributed by atoms with Gasteiger partial charge < -0.3 is 32.7 Å². The summed E-state index contributed by atoms with van der Waals surface area (Å²) < 4.78 is 0. The lowest BCUT2D eigenvalue weighted by Crippen LogP contribution is -2.42. The Morgan fingerprint density at radius 1 is 0.786 bits per heavy atom. The van der Waals surface area contributed by atoms with Crippen molar-refractivity contribution in [2.24, 2.45) is 22.9 Å². The molecule has 2 aliphatic heterocycles. The zero-order valence-corrected chi connectivity index (χ0v) is 17.0. The molecule has 11 heteroatoms. The molecule has 28 heavy (non-hydrogen) atoms. The van der Waals surface area contributed by atoms with Crippen molar-refractivity contribution in [3.8, 4) is 0 Å². The Morgan fingerprint density at radius 3 is 1.64 bits per heavy atom. The molecule has 2 atom stereocenters. The van der Waals surface area contributed by atoms with Gasteiger partial charge in [0.2, 0.25) is 23.6 Å². The normalized spacial score (nSPS) is 18.2. The summed E-state index contributed by atoms with van der Waals surface area (Å²) in [5, 5.41) is 0. The van der Waals surface area contributed by atoms with Gasteiger partial charge in [-0.05, 0) is 25.7 Å². The van der Waals surface area contributed by atoms with Gasteiger partial charge in [0.1, 0.15) is 0 Å².